The van der Waals surface area contributed by atoms with Crippen molar-refractivity contribution in [1.82, 2.24) is 10.3 Å². The summed E-state index contributed by atoms with van der Waals surface area (Å²) in [7, 11) is 0. The summed E-state index contributed by atoms with van der Waals surface area (Å²) in [5, 5.41) is 3.56. The van der Waals surface area contributed by atoms with E-state index in [-0.39, 0.29) is 17.1 Å². The summed E-state index contributed by atoms with van der Waals surface area (Å²) in [5.41, 5.74) is 11.4. The molecule has 1 aromatic heterocycles. The minimum absolute atomic E-state index is 0.0261. The number of nitrogens with one attached hydrogen (secondary N) is 1. The van der Waals surface area contributed by atoms with Gasteiger partial charge in [0, 0.05) is 48.3 Å². The topological polar surface area (TPSA) is 104 Å². The molecule has 2 aliphatic rings. The molecule has 7 nitrogen and oxygen atoms in total. The van der Waals surface area contributed by atoms with E-state index in [1.807, 2.05) is 26.1 Å². The molecule has 3 rings (SSSR count). The summed E-state index contributed by atoms with van der Waals surface area (Å²) in [6.07, 6.45) is 9.29. The number of rotatable bonds is 7. The van der Waals surface area contributed by atoms with Crippen LogP contribution in [-0.2, 0) is 19.1 Å². The van der Waals surface area contributed by atoms with Crippen molar-refractivity contribution in [2.45, 2.75) is 66.7 Å². The van der Waals surface area contributed by atoms with Gasteiger partial charge in [-0.25, -0.2) is 0 Å². The third-order valence-corrected chi connectivity index (χ3v) is 5.89. The van der Waals surface area contributed by atoms with Crippen LogP contribution in [0.2, 0.25) is 0 Å². The van der Waals surface area contributed by atoms with Crippen molar-refractivity contribution in [3.8, 4) is 0 Å². The summed E-state index contributed by atoms with van der Waals surface area (Å²) < 4.78 is 9.83. The van der Waals surface area contributed by atoms with Crippen LogP contribution in [0.4, 0.5) is 0 Å². The number of hydrogen-bond acceptors (Lipinski definition) is 7. The second-order valence-corrected chi connectivity index (χ2v) is 9.56. The number of nitrogens with two attached hydrogens (primary N) is 1. The van der Waals surface area contributed by atoms with Crippen LogP contribution in [0.25, 0.3) is 0 Å². The van der Waals surface area contributed by atoms with E-state index in [2.05, 4.69) is 48.5 Å². The molecule has 7 heteroatoms. The predicted octanol–water partition coefficient (Wildman–Crippen LogP) is 5.33. The quantitative estimate of drug-likeness (QED) is 0.388. The number of dihydropyridines is 1. The molecule has 0 saturated carbocycles. The summed E-state index contributed by atoms with van der Waals surface area (Å²) in [4.78, 5) is 26.5. The van der Waals surface area contributed by atoms with Crippen LogP contribution in [0.1, 0.15) is 72.3 Å². The van der Waals surface area contributed by atoms with E-state index in [9.17, 15) is 9.59 Å². The number of aromatic nitrogens is 1. The highest BCUT2D eigenvalue weighted by Gasteiger charge is 2.37. The monoisotopic (exact) mass is 497 g/mol. The van der Waals surface area contributed by atoms with Crippen LogP contribution < -0.4 is 11.1 Å². The third-order valence-electron chi connectivity index (χ3n) is 5.89. The van der Waals surface area contributed by atoms with Gasteiger partial charge in [-0.2, -0.15) is 0 Å². The van der Waals surface area contributed by atoms with Crippen LogP contribution in [0, 0.1) is 5.41 Å². The Morgan fingerprint density at radius 2 is 2.06 bits per heavy atom. The van der Waals surface area contributed by atoms with Crippen molar-refractivity contribution in [3.05, 3.63) is 77.1 Å². The minimum atomic E-state index is -0.0261. The van der Waals surface area contributed by atoms with Crippen LogP contribution in [0.5, 0.6) is 0 Å². The Labute approximate surface area is 216 Å². The molecule has 0 bridgehead atoms. The smallest absolute Gasteiger partial charge is 0.293 e. The standard InChI is InChI=1S/C21H28N2O2.C5H9N.C3H6O2/c1-5-25-13-17-14(2)19(15-7-6-10-22-12-15)20-16(23-17)11-21(3,4)9-8-18(20)24;1-5(2)3-4-6;1-2-5-3-4/h6-7,10,12,19,23H,5,8-9,11,13H2,1-4H3;3-4H,1,6H2,2H3;3H,2H2,1H3/b;4-3-;. The summed E-state index contributed by atoms with van der Waals surface area (Å²) in [6, 6.07) is 4.01. The van der Waals surface area contributed by atoms with Crippen LogP contribution >= 0.6 is 0 Å². The molecular formula is C29H43N3O4. The normalized spacial score (nSPS) is 18.6. The number of nitrogens with zero attached hydrogens (tertiary/aromatic N) is 1. The largest absolute Gasteiger partial charge is 0.468 e. The van der Waals surface area contributed by atoms with Gasteiger partial charge in [-0.3, -0.25) is 14.6 Å². The Morgan fingerprint density at radius 3 is 2.53 bits per heavy atom. The fourth-order valence-corrected chi connectivity index (χ4v) is 4.09. The van der Waals surface area contributed by atoms with Crippen molar-refractivity contribution < 1.29 is 19.1 Å². The van der Waals surface area contributed by atoms with Crippen LogP contribution in [0.15, 0.2) is 71.5 Å². The maximum absolute atomic E-state index is 13.0. The van der Waals surface area contributed by atoms with E-state index in [0.717, 1.165) is 46.5 Å². The van der Waals surface area contributed by atoms with Crippen molar-refractivity contribution in [1.29, 1.82) is 0 Å². The average Bonchev–Trinajstić information content (AvgIpc) is 2.95. The number of carbonyl (C=O) groups is 2. The van der Waals surface area contributed by atoms with Gasteiger partial charge in [-0.15, -0.1) is 0 Å². The van der Waals surface area contributed by atoms with Crippen molar-refractivity contribution >= 4 is 12.3 Å². The molecule has 1 aliphatic heterocycles. The van der Waals surface area contributed by atoms with Gasteiger partial charge < -0.3 is 20.5 Å². The van der Waals surface area contributed by atoms with E-state index in [0.29, 0.717) is 32.7 Å². The molecule has 0 saturated heterocycles. The summed E-state index contributed by atoms with van der Waals surface area (Å²) >= 11 is 0. The second-order valence-electron chi connectivity index (χ2n) is 9.56. The molecule has 0 amide bonds. The van der Waals surface area contributed by atoms with Crippen molar-refractivity contribution in [3.63, 3.8) is 0 Å². The second kappa shape index (κ2) is 15.7. The van der Waals surface area contributed by atoms with Gasteiger partial charge in [0.2, 0.25) is 0 Å². The summed E-state index contributed by atoms with van der Waals surface area (Å²) in [6.45, 7) is 17.9. The molecule has 1 aliphatic carbocycles. The third kappa shape index (κ3) is 9.82. The number of ether oxygens (including phenoxy) is 2. The lowest BCUT2D eigenvalue weighted by atomic mass is 9.78. The lowest BCUT2D eigenvalue weighted by Gasteiger charge is -2.33. The molecule has 36 heavy (non-hydrogen) atoms. The zero-order valence-electron chi connectivity index (χ0n) is 22.7. The number of Topliss-reactive ketones (excluding diaryl/α,β-unsaturated/α-hetero) is 1. The maximum atomic E-state index is 13.0. The van der Waals surface area contributed by atoms with E-state index in [1.54, 1.807) is 19.2 Å². The number of allylic oxidation sites excluding steroid dienone is 5. The maximum Gasteiger partial charge on any atom is 0.293 e. The molecule has 0 spiro atoms. The average molecular weight is 498 g/mol. The fourth-order valence-electron chi connectivity index (χ4n) is 4.09. The number of hydrogen-bond donors (Lipinski definition) is 2. The highest BCUT2D eigenvalue weighted by Crippen LogP contribution is 2.44. The first kappa shape index (κ1) is 30.8. The van der Waals surface area contributed by atoms with Gasteiger partial charge in [0.05, 0.1) is 13.2 Å². The van der Waals surface area contributed by atoms with Gasteiger partial charge in [0.25, 0.3) is 6.47 Å². The van der Waals surface area contributed by atoms with E-state index in [4.69, 9.17) is 10.5 Å². The first-order valence-corrected chi connectivity index (χ1v) is 12.4. The lowest BCUT2D eigenvalue weighted by Crippen LogP contribution is -2.31. The Bertz CT molecular complexity index is 962. The summed E-state index contributed by atoms with van der Waals surface area (Å²) in [5.74, 6) is 0.235. The Morgan fingerprint density at radius 1 is 1.33 bits per heavy atom. The molecule has 1 unspecified atom stereocenters. The zero-order valence-corrected chi connectivity index (χ0v) is 22.7. The Kier molecular flexibility index (Phi) is 13.5. The first-order valence-electron chi connectivity index (χ1n) is 12.4. The predicted molar refractivity (Wildman–Crippen MR) is 145 cm³/mol. The Balaban J connectivity index is 0.000000495. The molecule has 0 radical (unpaired) electrons. The molecule has 3 N–H and O–H groups in total. The molecule has 1 atom stereocenters. The molecule has 198 valence electrons. The highest BCUT2D eigenvalue weighted by molar-refractivity contribution is 5.99. The molecule has 0 fully saturated rings. The molecule has 0 aromatic carbocycles. The molecule has 1 aromatic rings. The number of pyridine rings is 1. The van der Waals surface area contributed by atoms with Gasteiger partial charge in [0.1, 0.15) is 0 Å². The molecule has 2 heterocycles. The Hall–Kier alpha value is -3.19. The van der Waals surface area contributed by atoms with E-state index < -0.39 is 0 Å². The van der Waals surface area contributed by atoms with Crippen LogP contribution in [0.3, 0.4) is 0 Å². The molecular weight excluding hydrogens is 454 g/mol. The van der Waals surface area contributed by atoms with Gasteiger partial charge >= 0.3 is 0 Å². The SMILES string of the molecule is C=C(C)/C=C\N.CCOC=O.CCOCC1=C(C)C(c2cccnc2)C2=C(CC(C)(C)CCC2=O)N1. The van der Waals surface area contributed by atoms with Gasteiger partial charge in [-0.05, 0) is 75.4 Å². The van der Waals surface area contributed by atoms with Crippen molar-refractivity contribution in [2.75, 3.05) is 19.8 Å². The van der Waals surface area contributed by atoms with E-state index >= 15 is 0 Å². The highest BCUT2D eigenvalue weighted by atomic mass is 16.5. The van der Waals surface area contributed by atoms with Gasteiger partial charge in [0.15, 0.2) is 5.78 Å². The number of carbonyl (C=O) groups excluding carboxylic acids is 2. The van der Waals surface area contributed by atoms with Crippen LogP contribution in [-0.4, -0.2) is 37.1 Å². The van der Waals surface area contributed by atoms with Gasteiger partial charge in [-0.1, -0.05) is 32.1 Å². The number of ketones is 1. The fraction of sp³-hybridized carbons (Fsp3) is 0.483. The zero-order chi connectivity index (χ0) is 27.1. The lowest BCUT2D eigenvalue weighted by molar-refractivity contribution is -0.128. The minimum Gasteiger partial charge on any atom is -0.468 e. The first-order chi connectivity index (χ1) is 17.1. The van der Waals surface area contributed by atoms with Crippen molar-refractivity contribution in [2.24, 2.45) is 11.1 Å². The van der Waals surface area contributed by atoms with E-state index in [1.165, 1.54) is 6.20 Å².